The van der Waals surface area contributed by atoms with Crippen LogP contribution >= 0.6 is 0 Å². The van der Waals surface area contributed by atoms with Crippen LogP contribution in [0, 0.1) is 0 Å². The first-order valence-electron chi connectivity index (χ1n) is 5.69. The van der Waals surface area contributed by atoms with Gasteiger partial charge in [0.1, 0.15) is 0 Å². The second-order valence-electron chi connectivity index (χ2n) is 3.81. The van der Waals surface area contributed by atoms with Crippen molar-refractivity contribution in [3.63, 3.8) is 0 Å². The molecule has 0 saturated heterocycles. The summed E-state index contributed by atoms with van der Waals surface area (Å²) in [5.41, 5.74) is 0.920. The maximum absolute atomic E-state index is 11.8. The first kappa shape index (κ1) is 13.4. The van der Waals surface area contributed by atoms with Crippen molar-refractivity contribution in [1.82, 2.24) is 10.6 Å². The number of benzene rings is 1. The fraction of sp³-hybridized carbons (Fsp3) is 0.385. The maximum Gasteiger partial charge on any atom is 0.252 e. The molecule has 0 heterocycles. The Kier molecular flexibility index (Phi) is 5.36. The number of hydrogen-bond acceptors (Lipinski definition) is 3. The molecule has 4 heteroatoms. The van der Waals surface area contributed by atoms with Gasteiger partial charge in [0.05, 0.1) is 5.56 Å². The zero-order chi connectivity index (χ0) is 12.7. The Morgan fingerprint density at radius 2 is 1.76 bits per heavy atom. The zero-order valence-corrected chi connectivity index (χ0v) is 10.2. The van der Waals surface area contributed by atoms with Crippen molar-refractivity contribution in [2.45, 2.75) is 13.3 Å². The van der Waals surface area contributed by atoms with Crippen LogP contribution in [0.15, 0.2) is 24.3 Å². The second kappa shape index (κ2) is 6.81. The number of rotatable bonds is 6. The molecule has 0 bridgehead atoms. The molecule has 0 atom stereocenters. The van der Waals surface area contributed by atoms with Gasteiger partial charge in [0.2, 0.25) is 0 Å². The molecule has 0 aromatic heterocycles. The summed E-state index contributed by atoms with van der Waals surface area (Å²) in [6.07, 6.45) is 0.866. The lowest BCUT2D eigenvalue weighted by Crippen LogP contribution is -2.27. The van der Waals surface area contributed by atoms with Crippen LogP contribution in [0.5, 0.6) is 0 Å². The normalized spacial score (nSPS) is 10.0. The molecular formula is C13H18N2O2. The Bertz CT molecular complexity index is 402. The predicted molar refractivity (Wildman–Crippen MR) is 67.3 cm³/mol. The van der Waals surface area contributed by atoms with E-state index in [0.29, 0.717) is 17.7 Å². The third-order valence-electron chi connectivity index (χ3n) is 2.44. The van der Waals surface area contributed by atoms with Crippen LogP contribution < -0.4 is 10.6 Å². The van der Waals surface area contributed by atoms with Gasteiger partial charge in [-0.15, -0.1) is 0 Å². The molecule has 0 spiro atoms. The van der Waals surface area contributed by atoms with E-state index in [2.05, 4.69) is 10.6 Å². The van der Waals surface area contributed by atoms with E-state index in [1.54, 1.807) is 24.3 Å². The van der Waals surface area contributed by atoms with Gasteiger partial charge >= 0.3 is 0 Å². The van der Waals surface area contributed by atoms with E-state index >= 15 is 0 Å². The largest absolute Gasteiger partial charge is 0.352 e. The molecule has 1 aromatic rings. The topological polar surface area (TPSA) is 58.2 Å². The highest BCUT2D eigenvalue weighted by molar-refractivity contribution is 6.07. The SMILES string of the molecule is CNCCCNC(=O)c1ccccc1C(C)=O. The summed E-state index contributed by atoms with van der Waals surface area (Å²) >= 11 is 0. The molecular weight excluding hydrogens is 216 g/mol. The molecule has 0 unspecified atom stereocenters. The Balaban J connectivity index is 2.65. The lowest BCUT2D eigenvalue weighted by Gasteiger charge is -2.07. The molecule has 0 aliphatic heterocycles. The highest BCUT2D eigenvalue weighted by Gasteiger charge is 2.12. The lowest BCUT2D eigenvalue weighted by atomic mass is 10.0. The third-order valence-corrected chi connectivity index (χ3v) is 2.44. The van der Waals surface area contributed by atoms with Crippen LogP contribution in [0.2, 0.25) is 0 Å². The van der Waals surface area contributed by atoms with E-state index in [1.165, 1.54) is 6.92 Å². The standard InChI is InChI=1S/C13H18N2O2/c1-10(16)11-6-3-4-7-12(11)13(17)15-9-5-8-14-2/h3-4,6-7,14H,5,8-9H2,1-2H3,(H,15,17). The maximum atomic E-state index is 11.8. The molecule has 0 aliphatic rings. The van der Waals surface area contributed by atoms with Crippen molar-refractivity contribution in [3.05, 3.63) is 35.4 Å². The van der Waals surface area contributed by atoms with Crippen LogP contribution in [-0.4, -0.2) is 31.8 Å². The average Bonchev–Trinajstić information content (AvgIpc) is 2.34. The number of nitrogens with one attached hydrogen (secondary N) is 2. The Labute approximate surface area is 101 Å². The molecule has 1 amide bonds. The van der Waals surface area contributed by atoms with Gasteiger partial charge < -0.3 is 10.6 Å². The smallest absolute Gasteiger partial charge is 0.252 e. The number of amides is 1. The van der Waals surface area contributed by atoms with E-state index in [4.69, 9.17) is 0 Å². The fourth-order valence-electron chi connectivity index (χ4n) is 1.55. The van der Waals surface area contributed by atoms with Gasteiger partial charge in [-0.1, -0.05) is 18.2 Å². The third kappa shape index (κ3) is 4.00. The number of carbonyl (C=O) groups is 2. The Morgan fingerprint density at radius 1 is 1.12 bits per heavy atom. The minimum atomic E-state index is -0.188. The van der Waals surface area contributed by atoms with E-state index in [9.17, 15) is 9.59 Å². The van der Waals surface area contributed by atoms with Crippen molar-refractivity contribution >= 4 is 11.7 Å². The molecule has 0 fully saturated rings. The van der Waals surface area contributed by atoms with Crippen LogP contribution in [0.1, 0.15) is 34.1 Å². The first-order chi connectivity index (χ1) is 8.16. The van der Waals surface area contributed by atoms with Gasteiger partial charge in [0, 0.05) is 12.1 Å². The summed E-state index contributed by atoms with van der Waals surface area (Å²) in [5.74, 6) is -0.280. The van der Waals surface area contributed by atoms with Crippen molar-refractivity contribution < 1.29 is 9.59 Å². The van der Waals surface area contributed by atoms with Gasteiger partial charge in [-0.3, -0.25) is 9.59 Å². The number of ketones is 1. The molecule has 92 valence electrons. The van der Waals surface area contributed by atoms with Crippen LogP contribution in [0.3, 0.4) is 0 Å². The summed E-state index contributed by atoms with van der Waals surface area (Å²) < 4.78 is 0. The van der Waals surface area contributed by atoms with E-state index in [0.717, 1.165) is 13.0 Å². The molecule has 1 rings (SSSR count). The first-order valence-corrected chi connectivity index (χ1v) is 5.69. The summed E-state index contributed by atoms with van der Waals surface area (Å²) in [7, 11) is 1.87. The van der Waals surface area contributed by atoms with Crippen molar-refractivity contribution in [2.75, 3.05) is 20.1 Å². The monoisotopic (exact) mass is 234 g/mol. The molecule has 0 radical (unpaired) electrons. The molecule has 2 N–H and O–H groups in total. The van der Waals surface area contributed by atoms with E-state index in [-0.39, 0.29) is 11.7 Å². The highest BCUT2D eigenvalue weighted by atomic mass is 16.2. The van der Waals surface area contributed by atoms with Crippen molar-refractivity contribution in [3.8, 4) is 0 Å². The second-order valence-corrected chi connectivity index (χ2v) is 3.81. The zero-order valence-electron chi connectivity index (χ0n) is 10.2. The van der Waals surface area contributed by atoms with Gasteiger partial charge in [-0.05, 0) is 33.0 Å². The van der Waals surface area contributed by atoms with Crippen LogP contribution in [0.4, 0.5) is 0 Å². The molecule has 4 nitrogen and oxygen atoms in total. The lowest BCUT2D eigenvalue weighted by molar-refractivity contribution is 0.0938. The quantitative estimate of drug-likeness (QED) is 0.575. The van der Waals surface area contributed by atoms with Gasteiger partial charge in [0.25, 0.3) is 5.91 Å². The highest BCUT2D eigenvalue weighted by Crippen LogP contribution is 2.09. The number of carbonyl (C=O) groups excluding carboxylic acids is 2. The van der Waals surface area contributed by atoms with Gasteiger partial charge in [-0.2, -0.15) is 0 Å². The number of Topliss-reactive ketones (excluding diaryl/α,β-unsaturated/α-hetero) is 1. The van der Waals surface area contributed by atoms with Crippen molar-refractivity contribution in [2.24, 2.45) is 0 Å². The minimum Gasteiger partial charge on any atom is -0.352 e. The van der Waals surface area contributed by atoms with Crippen LogP contribution in [-0.2, 0) is 0 Å². The summed E-state index contributed by atoms with van der Waals surface area (Å²) in [4.78, 5) is 23.2. The molecule has 0 saturated carbocycles. The van der Waals surface area contributed by atoms with Gasteiger partial charge in [-0.25, -0.2) is 0 Å². The molecule has 17 heavy (non-hydrogen) atoms. The fourth-order valence-corrected chi connectivity index (χ4v) is 1.55. The van der Waals surface area contributed by atoms with Gasteiger partial charge in [0.15, 0.2) is 5.78 Å². The summed E-state index contributed by atoms with van der Waals surface area (Å²) in [5, 5.41) is 5.80. The molecule has 0 aliphatic carbocycles. The Morgan fingerprint density at radius 3 is 2.35 bits per heavy atom. The summed E-state index contributed by atoms with van der Waals surface area (Å²) in [6, 6.07) is 6.86. The number of hydrogen-bond donors (Lipinski definition) is 2. The van der Waals surface area contributed by atoms with E-state index < -0.39 is 0 Å². The van der Waals surface area contributed by atoms with Crippen LogP contribution in [0.25, 0.3) is 0 Å². The average molecular weight is 234 g/mol. The molecule has 1 aromatic carbocycles. The Hall–Kier alpha value is -1.68. The minimum absolute atomic E-state index is 0.0917. The van der Waals surface area contributed by atoms with Crippen molar-refractivity contribution in [1.29, 1.82) is 0 Å². The predicted octanol–water partition coefficient (Wildman–Crippen LogP) is 1.23. The summed E-state index contributed by atoms with van der Waals surface area (Å²) in [6.45, 7) is 2.92. The van der Waals surface area contributed by atoms with E-state index in [1.807, 2.05) is 7.05 Å².